The highest BCUT2D eigenvalue weighted by molar-refractivity contribution is 7.86. The zero-order valence-corrected chi connectivity index (χ0v) is 23.6. The molecule has 15 heteroatoms. The van der Waals surface area contributed by atoms with E-state index in [1.807, 2.05) is 23.1 Å². The number of nitrogens with one attached hydrogen (secondary N) is 1. The van der Waals surface area contributed by atoms with Gasteiger partial charge in [-0.1, -0.05) is 48.6 Å². The van der Waals surface area contributed by atoms with Crippen LogP contribution in [-0.2, 0) is 25.0 Å². The lowest BCUT2D eigenvalue weighted by molar-refractivity contribution is 0.122. The first kappa shape index (κ1) is 29.1. The van der Waals surface area contributed by atoms with Gasteiger partial charge in [0.15, 0.2) is 5.82 Å². The van der Waals surface area contributed by atoms with Gasteiger partial charge < -0.3 is 20.7 Å². The van der Waals surface area contributed by atoms with Gasteiger partial charge in [-0.2, -0.15) is 31.8 Å². The van der Waals surface area contributed by atoms with Crippen molar-refractivity contribution in [3.8, 4) is 11.4 Å². The fourth-order valence-electron chi connectivity index (χ4n) is 4.36. The van der Waals surface area contributed by atoms with Crippen molar-refractivity contribution in [3.63, 3.8) is 0 Å². The maximum absolute atomic E-state index is 12.8. The Hall–Kier alpha value is -4.41. The summed E-state index contributed by atoms with van der Waals surface area (Å²) < 4.78 is 74.7. The van der Waals surface area contributed by atoms with Crippen molar-refractivity contribution in [3.05, 3.63) is 77.9 Å². The van der Waals surface area contributed by atoms with Crippen LogP contribution in [0.15, 0.2) is 76.5 Å². The van der Waals surface area contributed by atoms with E-state index in [2.05, 4.69) is 20.3 Å². The maximum atomic E-state index is 12.8. The Kier molecular flexibility index (Phi) is 8.20. The van der Waals surface area contributed by atoms with Crippen LogP contribution in [0.4, 0.5) is 23.3 Å². The number of aromatic nitrogens is 3. The van der Waals surface area contributed by atoms with Gasteiger partial charge >= 0.3 is 0 Å². The smallest absolute Gasteiger partial charge is 0.295 e. The van der Waals surface area contributed by atoms with E-state index >= 15 is 0 Å². The van der Waals surface area contributed by atoms with Crippen LogP contribution < -0.4 is 16.0 Å². The average Bonchev–Trinajstić information content (AvgIpc) is 2.96. The molecule has 0 atom stereocenters. The Morgan fingerprint density at radius 3 is 2.21 bits per heavy atom. The molecule has 4 aromatic rings. The van der Waals surface area contributed by atoms with Crippen LogP contribution in [0.1, 0.15) is 11.1 Å². The molecule has 5 rings (SSSR count). The number of morpholine rings is 1. The van der Waals surface area contributed by atoms with Crippen molar-refractivity contribution in [2.45, 2.75) is 9.79 Å². The Morgan fingerprint density at radius 2 is 1.52 bits per heavy atom. The normalized spacial score (nSPS) is 14.3. The molecule has 1 aliphatic rings. The molecule has 0 radical (unpaired) electrons. The van der Waals surface area contributed by atoms with E-state index < -0.39 is 30.0 Å². The molecule has 0 unspecified atom stereocenters. The third-order valence-electron chi connectivity index (χ3n) is 6.30. The minimum atomic E-state index is -4.94. The predicted molar refractivity (Wildman–Crippen MR) is 157 cm³/mol. The largest absolute Gasteiger partial charge is 0.398 e. The lowest BCUT2D eigenvalue weighted by Crippen LogP contribution is -2.37. The van der Waals surface area contributed by atoms with Crippen LogP contribution in [0, 0.1) is 0 Å². The van der Waals surface area contributed by atoms with Crippen LogP contribution >= 0.6 is 0 Å². The van der Waals surface area contributed by atoms with Crippen molar-refractivity contribution in [2.24, 2.45) is 0 Å². The highest BCUT2D eigenvalue weighted by Gasteiger charge is 2.26. The van der Waals surface area contributed by atoms with Gasteiger partial charge in [0.05, 0.1) is 13.2 Å². The summed E-state index contributed by atoms with van der Waals surface area (Å²) in [5.41, 5.74) is 6.66. The van der Waals surface area contributed by atoms with Crippen molar-refractivity contribution in [1.82, 2.24) is 15.0 Å². The molecule has 0 spiro atoms. The summed E-state index contributed by atoms with van der Waals surface area (Å²) in [4.78, 5) is 14.4. The van der Waals surface area contributed by atoms with Crippen molar-refractivity contribution < 1.29 is 30.7 Å². The number of anilines is 4. The van der Waals surface area contributed by atoms with Crippen LogP contribution in [0.25, 0.3) is 23.5 Å². The zero-order chi connectivity index (χ0) is 29.9. The van der Waals surface area contributed by atoms with Crippen molar-refractivity contribution in [1.29, 1.82) is 0 Å². The number of nitrogens with zero attached hydrogens (tertiary/aromatic N) is 4. The third-order valence-corrected chi connectivity index (χ3v) is 8.19. The second-order valence-electron chi connectivity index (χ2n) is 9.14. The molecule has 1 aliphatic heterocycles. The summed E-state index contributed by atoms with van der Waals surface area (Å²) in [5, 5.41) is 3.09. The first-order valence-electron chi connectivity index (χ1n) is 12.6. The molecule has 0 bridgehead atoms. The van der Waals surface area contributed by atoms with E-state index in [4.69, 9.17) is 10.5 Å². The first-order valence-corrected chi connectivity index (χ1v) is 15.4. The molecule has 218 valence electrons. The molecule has 0 saturated carbocycles. The lowest BCUT2D eigenvalue weighted by atomic mass is 10.1. The van der Waals surface area contributed by atoms with E-state index in [1.165, 1.54) is 48.6 Å². The quantitative estimate of drug-likeness (QED) is 0.129. The zero-order valence-electron chi connectivity index (χ0n) is 22.0. The number of benzene rings is 3. The number of nitrogen functional groups attached to an aromatic ring is 1. The first-order chi connectivity index (χ1) is 20.0. The van der Waals surface area contributed by atoms with E-state index in [0.717, 1.165) is 0 Å². The van der Waals surface area contributed by atoms with E-state index in [0.29, 0.717) is 32.0 Å². The molecule has 1 saturated heterocycles. The van der Waals surface area contributed by atoms with Gasteiger partial charge in [0, 0.05) is 35.6 Å². The molecule has 5 N–H and O–H groups in total. The van der Waals surface area contributed by atoms with Crippen LogP contribution in [0.3, 0.4) is 0 Å². The molecule has 1 aromatic heterocycles. The molecule has 0 aliphatic carbocycles. The van der Waals surface area contributed by atoms with E-state index in [1.54, 1.807) is 12.1 Å². The number of nitrogens with two attached hydrogens (primary N) is 1. The standard InChI is InChI=1S/C27H26N6O7S2/c28-22-13-12-21(24(42(37,38)39)20(22)11-10-18-6-4-5-9-23(18)41(34,35)36)25-30-26(29-19-7-2-1-3-8-19)32-27(31-25)33-14-16-40-17-15-33/h1-13H,14-17,28H2,(H,34,35,36)(H,37,38,39)(H,29,30,31,32). The number of ether oxygens (including phenoxy) is 1. The lowest BCUT2D eigenvalue weighted by Gasteiger charge is -2.27. The molecule has 1 fully saturated rings. The van der Waals surface area contributed by atoms with Gasteiger partial charge in [-0.05, 0) is 35.9 Å². The fourth-order valence-corrected chi connectivity index (χ4v) is 5.95. The monoisotopic (exact) mass is 610 g/mol. The summed E-state index contributed by atoms with van der Waals surface area (Å²) >= 11 is 0. The summed E-state index contributed by atoms with van der Waals surface area (Å²) in [5.74, 6) is 0.328. The van der Waals surface area contributed by atoms with Crippen molar-refractivity contribution in [2.75, 3.05) is 42.3 Å². The Labute approximate surface area is 242 Å². The summed E-state index contributed by atoms with van der Waals surface area (Å²) in [6.07, 6.45) is 2.50. The summed E-state index contributed by atoms with van der Waals surface area (Å²) in [6, 6.07) is 17.4. The molecule has 0 amide bonds. The van der Waals surface area contributed by atoms with Gasteiger partial charge in [-0.25, -0.2) is 0 Å². The molecular formula is C27H26N6O7S2. The molecule has 13 nitrogen and oxygen atoms in total. The van der Waals surface area contributed by atoms with Gasteiger partial charge in [0.2, 0.25) is 11.9 Å². The van der Waals surface area contributed by atoms with Crippen LogP contribution in [0.2, 0.25) is 0 Å². The molecule has 2 heterocycles. The van der Waals surface area contributed by atoms with E-state index in [9.17, 15) is 25.9 Å². The average molecular weight is 611 g/mol. The summed E-state index contributed by atoms with van der Waals surface area (Å²) in [7, 11) is -9.52. The molecule has 3 aromatic carbocycles. The third kappa shape index (κ3) is 6.56. The number of para-hydroxylation sites is 1. The molecular weight excluding hydrogens is 584 g/mol. The van der Waals surface area contributed by atoms with E-state index in [-0.39, 0.29) is 40.1 Å². The fraction of sp³-hybridized carbons (Fsp3) is 0.148. The van der Waals surface area contributed by atoms with Gasteiger partial charge in [0.25, 0.3) is 20.2 Å². The highest BCUT2D eigenvalue weighted by atomic mass is 32.2. The summed E-state index contributed by atoms with van der Waals surface area (Å²) in [6.45, 7) is 1.87. The molecule has 42 heavy (non-hydrogen) atoms. The Balaban J connectivity index is 1.68. The van der Waals surface area contributed by atoms with Gasteiger partial charge in [0.1, 0.15) is 9.79 Å². The number of hydrogen-bond acceptors (Lipinski definition) is 11. The highest BCUT2D eigenvalue weighted by Crippen LogP contribution is 2.35. The minimum absolute atomic E-state index is 0.0305. The number of rotatable bonds is 8. The van der Waals surface area contributed by atoms with Gasteiger partial charge in [-0.3, -0.25) is 9.11 Å². The topological polar surface area (TPSA) is 198 Å². The van der Waals surface area contributed by atoms with Gasteiger partial charge in [-0.15, -0.1) is 0 Å². The number of hydrogen-bond donors (Lipinski definition) is 4. The van der Waals surface area contributed by atoms with Crippen LogP contribution in [0.5, 0.6) is 0 Å². The Bertz CT molecular complexity index is 1860. The second-order valence-corrected chi connectivity index (χ2v) is 11.9. The second kappa shape index (κ2) is 11.8. The predicted octanol–water partition coefficient (Wildman–Crippen LogP) is 3.36. The Morgan fingerprint density at radius 1 is 0.833 bits per heavy atom. The minimum Gasteiger partial charge on any atom is -0.398 e. The van der Waals surface area contributed by atoms with Crippen LogP contribution in [-0.4, -0.2) is 67.2 Å². The maximum Gasteiger partial charge on any atom is 0.295 e. The van der Waals surface area contributed by atoms with Crippen molar-refractivity contribution >= 4 is 55.7 Å². The SMILES string of the molecule is Nc1ccc(-c2nc(Nc3ccccc3)nc(N3CCOCC3)n2)c(S(=O)(=O)O)c1C=Cc1ccccc1S(=O)(=O)O.